The Balaban J connectivity index is 2.43. The second-order valence-corrected chi connectivity index (χ2v) is 17.8. The Kier molecular flexibility index (Phi) is 17.6. The number of esters is 4. The molecule has 1 amide bonds. The fourth-order valence-electron chi connectivity index (χ4n) is 5.59. The predicted octanol–water partition coefficient (Wildman–Crippen LogP) is 3.61. The monoisotopic (exact) mass is 761 g/mol. The van der Waals surface area contributed by atoms with E-state index in [1.165, 1.54) is 4.90 Å². The van der Waals surface area contributed by atoms with Gasteiger partial charge in [0.1, 0.15) is 28.9 Å². The van der Waals surface area contributed by atoms with E-state index in [9.17, 15) is 24.0 Å². The zero-order valence-corrected chi connectivity index (χ0v) is 35.0. The molecule has 0 aliphatic carbocycles. The quantitative estimate of drug-likeness (QED) is 0.240. The van der Waals surface area contributed by atoms with Crippen LogP contribution in [0.5, 0.6) is 0 Å². The number of carbonyl (C=O) groups excluding carboxylic acids is 5. The van der Waals surface area contributed by atoms with Crippen molar-refractivity contribution in [3.63, 3.8) is 0 Å². The van der Waals surface area contributed by atoms with Crippen molar-refractivity contribution in [3.8, 4) is 0 Å². The molecule has 0 unspecified atom stereocenters. The van der Waals surface area contributed by atoms with Crippen LogP contribution in [0.15, 0.2) is 30.3 Å². The minimum atomic E-state index is -0.725. The van der Waals surface area contributed by atoms with Gasteiger partial charge < -0.3 is 23.8 Å². The number of ether oxygens (including phenoxy) is 4. The van der Waals surface area contributed by atoms with Crippen LogP contribution in [-0.4, -0.2) is 157 Å². The summed E-state index contributed by atoms with van der Waals surface area (Å²) in [4.78, 5) is 75.4. The predicted molar refractivity (Wildman–Crippen MR) is 208 cm³/mol. The van der Waals surface area contributed by atoms with Crippen LogP contribution >= 0.6 is 0 Å². The molecule has 1 aromatic carbocycles. The van der Waals surface area contributed by atoms with Crippen molar-refractivity contribution in [1.82, 2.24) is 19.6 Å². The minimum absolute atomic E-state index is 0.0128. The molecule has 0 radical (unpaired) electrons. The maximum atomic E-state index is 14.1. The van der Waals surface area contributed by atoms with Gasteiger partial charge >= 0.3 is 23.9 Å². The summed E-state index contributed by atoms with van der Waals surface area (Å²) >= 11 is 0. The highest BCUT2D eigenvalue weighted by Crippen LogP contribution is 2.17. The maximum absolute atomic E-state index is 14.1. The summed E-state index contributed by atoms with van der Waals surface area (Å²) in [6.45, 7) is 24.7. The molecule has 1 aliphatic rings. The van der Waals surface area contributed by atoms with Gasteiger partial charge in [-0.2, -0.15) is 0 Å². The summed E-state index contributed by atoms with van der Waals surface area (Å²) in [6, 6.07) is 8.98. The highest BCUT2D eigenvalue weighted by Gasteiger charge is 2.28. The Labute approximate surface area is 323 Å². The molecule has 1 fully saturated rings. The first kappa shape index (κ1) is 46.6. The second kappa shape index (κ2) is 20.4. The van der Waals surface area contributed by atoms with Gasteiger partial charge in [-0.15, -0.1) is 0 Å². The Bertz CT molecular complexity index is 1330. The van der Waals surface area contributed by atoms with Gasteiger partial charge in [-0.3, -0.25) is 43.6 Å². The van der Waals surface area contributed by atoms with Gasteiger partial charge in [0, 0.05) is 58.0 Å². The van der Waals surface area contributed by atoms with Crippen molar-refractivity contribution in [2.75, 3.05) is 90.0 Å². The minimum Gasteiger partial charge on any atom is -0.459 e. The van der Waals surface area contributed by atoms with E-state index in [2.05, 4.69) is 0 Å². The molecule has 1 aliphatic heterocycles. The summed E-state index contributed by atoms with van der Waals surface area (Å²) in [5.41, 5.74) is -2.16. The van der Waals surface area contributed by atoms with E-state index in [4.69, 9.17) is 18.9 Å². The van der Waals surface area contributed by atoms with Gasteiger partial charge in [-0.1, -0.05) is 18.2 Å². The van der Waals surface area contributed by atoms with Crippen molar-refractivity contribution in [2.45, 2.75) is 105 Å². The van der Waals surface area contributed by atoms with Crippen LogP contribution in [0.3, 0.4) is 0 Å². The average Bonchev–Trinajstić information content (AvgIpc) is 2.97. The molecule has 0 atom stereocenters. The molecule has 1 heterocycles. The summed E-state index contributed by atoms with van der Waals surface area (Å²) in [7, 11) is 0. The zero-order valence-electron chi connectivity index (χ0n) is 35.0. The van der Waals surface area contributed by atoms with Crippen molar-refractivity contribution in [2.24, 2.45) is 0 Å². The van der Waals surface area contributed by atoms with E-state index in [1.54, 1.807) is 45.0 Å². The lowest BCUT2D eigenvalue weighted by Gasteiger charge is -2.35. The summed E-state index contributed by atoms with van der Waals surface area (Å²) in [5.74, 6) is -1.97. The average molecular weight is 762 g/mol. The standard InChI is InChI=1S/C40H67N5O9/c1-37(2,3)51-33(47)27-42-20-18-41(26-32(46)45(31-16-14-13-15-17-31)30-36(50)54-40(10,11)12)19-21-43(28-34(48)52-38(4,5)6)23-25-44(24-22-42)29-35(49)53-39(7,8)9/h13-17H,18-30H2,1-12H3. The molecule has 1 saturated heterocycles. The van der Waals surface area contributed by atoms with Crippen molar-refractivity contribution < 1.29 is 42.9 Å². The van der Waals surface area contributed by atoms with Gasteiger partial charge in [-0.05, 0) is 95.2 Å². The molecule has 14 heteroatoms. The van der Waals surface area contributed by atoms with Crippen molar-refractivity contribution in [3.05, 3.63) is 30.3 Å². The van der Waals surface area contributed by atoms with Gasteiger partial charge in [0.2, 0.25) is 5.91 Å². The summed E-state index contributed by atoms with van der Waals surface area (Å²) < 4.78 is 22.5. The van der Waals surface area contributed by atoms with Crippen LogP contribution in [0.1, 0.15) is 83.1 Å². The van der Waals surface area contributed by atoms with Gasteiger partial charge in [0.15, 0.2) is 0 Å². The van der Waals surface area contributed by atoms with E-state index in [1.807, 2.05) is 88.0 Å². The Morgan fingerprint density at radius 3 is 1.04 bits per heavy atom. The second-order valence-electron chi connectivity index (χ2n) is 17.8. The molecule has 1 aromatic rings. The summed E-state index contributed by atoms with van der Waals surface area (Å²) in [6.07, 6.45) is 0. The van der Waals surface area contributed by atoms with Crippen LogP contribution in [0, 0.1) is 0 Å². The number of anilines is 1. The van der Waals surface area contributed by atoms with Crippen LogP contribution in [0.25, 0.3) is 0 Å². The number of carbonyl (C=O) groups is 5. The molecule has 0 N–H and O–H groups in total. The number of amides is 1. The smallest absolute Gasteiger partial charge is 0.326 e. The molecular formula is C40H67N5O9. The van der Waals surface area contributed by atoms with Crippen LogP contribution < -0.4 is 4.90 Å². The molecule has 306 valence electrons. The van der Waals surface area contributed by atoms with Gasteiger partial charge in [0.25, 0.3) is 0 Å². The third-order valence-electron chi connectivity index (χ3n) is 7.68. The maximum Gasteiger partial charge on any atom is 0.326 e. The fourth-order valence-corrected chi connectivity index (χ4v) is 5.59. The number of rotatable bonds is 11. The van der Waals surface area contributed by atoms with E-state index in [0.29, 0.717) is 58.0 Å². The number of benzene rings is 1. The Morgan fingerprint density at radius 1 is 0.463 bits per heavy atom. The van der Waals surface area contributed by atoms with Gasteiger partial charge in [-0.25, -0.2) is 0 Å². The Morgan fingerprint density at radius 2 is 0.741 bits per heavy atom. The summed E-state index contributed by atoms with van der Waals surface area (Å²) in [5, 5.41) is 0. The van der Waals surface area contributed by atoms with Crippen molar-refractivity contribution >= 4 is 35.5 Å². The molecule has 2 rings (SSSR count). The number of hydrogen-bond acceptors (Lipinski definition) is 13. The normalized spacial score (nSPS) is 16.7. The third-order valence-corrected chi connectivity index (χ3v) is 7.68. The lowest BCUT2D eigenvalue weighted by atomic mass is 10.2. The van der Waals surface area contributed by atoms with E-state index in [0.717, 1.165) is 0 Å². The first-order valence-electron chi connectivity index (χ1n) is 18.9. The SMILES string of the molecule is CC(C)(C)OC(=O)CN1CCN(CC(=O)OC(C)(C)C)CCN(CC(=O)N(CC(=O)OC(C)(C)C)c2ccccc2)CCN(CC(=O)OC(C)(C)C)CC1. The topological polar surface area (TPSA) is 138 Å². The highest BCUT2D eigenvalue weighted by atomic mass is 16.6. The lowest BCUT2D eigenvalue weighted by Crippen LogP contribution is -2.51. The highest BCUT2D eigenvalue weighted by molar-refractivity contribution is 5.98. The first-order valence-corrected chi connectivity index (χ1v) is 18.9. The third kappa shape index (κ3) is 20.8. The van der Waals surface area contributed by atoms with Crippen LogP contribution in [0.2, 0.25) is 0 Å². The fraction of sp³-hybridized carbons (Fsp3) is 0.725. The molecule has 0 aromatic heterocycles. The molecule has 54 heavy (non-hydrogen) atoms. The van der Waals surface area contributed by atoms with Gasteiger partial charge in [0.05, 0.1) is 26.2 Å². The Hall–Kier alpha value is -3.59. The number of hydrogen-bond donors (Lipinski definition) is 0. The largest absolute Gasteiger partial charge is 0.459 e. The zero-order chi connectivity index (χ0) is 40.9. The van der Waals surface area contributed by atoms with E-state index in [-0.39, 0.29) is 56.5 Å². The molecule has 0 bridgehead atoms. The van der Waals surface area contributed by atoms with Crippen LogP contribution in [0.4, 0.5) is 5.69 Å². The molecule has 0 spiro atoms. The first-order chi connectivity index (χ1) is 24.8. The molecule has 14 nitrogen and oxygen atoms in total. The van der Waals surface area contributed by atoms with E-state index < -0.39 is 28.4 Å². The van der Waals surface area contributed by atoms with Crippen LogP contribution in [-0.2, 0) is 42.9 Å². The van der Waals surface area contributed by atoms with Crippen molar-refractivity contribution in [1.29, 1.82) is 0 Å². The number of nitrogens with zero attached hydrogens (tertiary/aromatic N) is 5. The number of para-hydroxylation sites is 1. The lowest BCUT2D eigenvalue weighted by molar-refractivity contribution is -0.158. The molecule has 0 saturated carbocycles. The van der Waals surface area contributed by atoms with E-state index >= 15 is 0 Å². The molecular weight excluding hydrogens is 694 g/mol.